The molecule has 0 saturated carbocycles. The maximum atomic E-state index is 15.9. The van der Waals surface area contributed by atoms with Crippen LogP contribution in [0.3, 0.4) is 0 Å². The summed E-state index contributed by atoms with van der Waals surface area (Å²) in [5.41, 5.74) is 11.5. The van der Waals surface area contributed by atoms with Crippen LogP contribution in [-0.4, -0.2) is 51.4 Å². The van der Waals surface area contributed by atoms with E-state index in [-0.39, 0.29) is 47.2 Å². The molecular weight excluding hydrogens is 480 g/mol. The molecule has 0 fully saturated rings. The third-order valence-electron chi connectivity index (χ3n) is 6.49. The molecular formula is C25H26ClF2N3O4. The van der Waals surface area contributed by atoms with Crippen molar-refractivity contribution in [1.82, 2.24) is 0 Å². The van der Waals surface area contributed by atoms with Gasteiger partial charge in [-0.25, -0.2) is 8.78 Å². The average Bonchev–Trinajstić information content (AvgIpc) is 3.13. The number of carbonyl (C=O) groups is 1. The Kier molecular flexibility index (Phi) is 7.23. The van der Waals surface area contributed by atoms with Crippen molar-refractivity contribution in [2.24, 2.45) is 16.5 Å². The molecule has 1 unspecified atom stereocenters. The van der Waals surface area contributed by atoms with Crippen molar-refractivity contribution >= 4 is 29.3 Å². The number of nitrogens with two attached hydrogens (primary N) is 2. The van der Waals surface area contributed by atoms with E-state index in [2.05, 4.69) is 4.99 Å². The van der Waals surface area contributed by atoms with Gasteiger partial charge in [0.2, 0.25) is 0 Å². The van der Waals surface area contributed by atoms with Crippen LogP contribution < -0.4 is 16.2 Å². The summed E-state index contributed by atoms with van der Waals surface area (Å²) in [5.74, 6) is -2.10. The number of aliphatic imine (C=N–C) groups is 1. The molecule has 2 aliphatic rings. The molecule has 2 aromatic carbocycles. The molecule has 2 aliphatic heterocycles. The van der Waals surface area contributed by atoms with Gasteiger partial charge >= 0.3 is 0 Å². The van der Waals surface area contributed by atoms with Gasteiger partial charge < -0.3 is 25.7 Å². The SMILES string of the molecule is COCCO[C@H]1N=CC(C(N)=O)=C(c2c(Cl)c(F)cc3c2[C@H](C)[C@@](CN)(c2ccccc2)O3)C1F. The van der Waals surface area contributed by atoms with Crippen LogP contribution in [0.5, 0.6) is 5.75 Å². The van der Waals surface area contributed by atoms with Gasteiger partial charge in [-0.3, -0.25) is 9.79 Å². The molecule has 0 aliphatic carbocycles. The van der Waals surface area contributed by atoms with Crippen LogP contribution in [0.2, 0.25) is 5.02 Å². The first-order valence-corrected chi connectivity index (χ1v) is 11.4. The van der Waals surface area contributed by atoms with Crippen molar-refractivity contribution in [1.29, 1.82) is 0 Å². The zero-order valence-electron chi connectivity index (χ0n) is 19.3. The Morgan fingerprint density at radius 3 is 2.63 bits per heavy atom. The highest BCUT2D eigenvalue weighted by atomic mass is 35.5. The van der Waals surface area contributed by atoms with Gasteiger partial charge in [0.05, 0.1) is 23.8 Å². The summed E-state index contributed by atoms with van der Waals surface area (Å²) < 4.78 is 47.8. The van der Waals surface area contributed by atoms with Gasteiger partial charge in [0.25, 0.3) is 5.91 Å². The zero-order valence-corrected chi connectivity index (χ0v) is 20.0. The summed E-state index contributed by atoms with van der Waals surface area (Å²) in [7, 11) is 1.48. The molecule has 2 aromatic rings. The number of fused-ring (bicyclic) bond motifs is 1. The predicted molar refractivity (Wildman–Crippen MR) is 129 cm³/mol. The molecule has 10 heteroatoms. The lowest BCUT2D eigenvalue weighted by Gasteiger charge is -2.33. The van der Waals surface area contributed by atoms with E-state index in [9.17, 15) is 4.79 Å². The Hall–Kier alpha value is -2.85. The Morgan fingerprint density at radius 1 is 1.29 bits per heavy atom. The van der Waals surface area contributed by atoms with Crippen LogP contribution in [0.4, 0.5) is 8.78 Å². The number of halogens is 3. The van der Waals surface area contributed by atoms with E-state index in [4.69, 9.17) is 37.3 Å². The molecule has 35 heavy (non-hydrogen) atoms. The fourth-order valence-corrected chi connectivity index (χ4v) is 4.97. The lowest BCUT2D eigenvalue weighted by atomic mass is 9.77. The second kappa shape index (κ2) is 10.0. The molecule has 0 aromatic heterocycles. The standard InChI is InChI=1S/C25H26ClF2N3O4/c1-13-18-17(35-25(13,12-29)14-6-4-3-5-7-14)10-16(27)21(26)20(18)19-15(23(30)32)11-31-24(22(19)28)34-9-8-33-2/h3-7,10-11,13,22,24H,8-9,12,29H2,1-2H3,(H2,30,32)/t13-,22?,24+,25-/m0/s1. The third-order valence-corrected chi connectivity index (χ3v) is 6.86. The summed E-state index contributed by atoms with van der Waals surface area (Å²) in [6.45, 7) is 2.15. The maximum absolute atomic E-state index is 15.9. The van der Waals surface area contributed by atoms with Gasteiger partial charge in [0, 0.05) is 48.6 Å². The second-order valence-corrected chi connectivity index (χ2v) is 8.75. The second-order valence-electron chi connectivity index (χ2n) is 8.37. The molecule has 7 nitrogen and oxygen atoms in total. The first kappa shape index (κ1) is 25.2. The molecule has 186 valence electrons. The van der Waals surface area contributed by atoms with Crippen molar-refractivity contribution in [3.63, 3.8) is 0 Å². The number of alkyl halides is 1. The summed E-state index contributed by atoms with van der Waals surface area (Å²) >= 11 is 6.45. The number of dihydropyridines is 1. The highest BCUT2D eigenvalue weighted by Gasteiger charge is 2.50. The number of hydrogen-bond donors (Lipinski definition) is 2. The quantitative estimate of drug-likeness (QED) is 0.534. The summed E-state index contributed by atoms with van der Waals surface area (Å²) in [6.07, 6.45) is -2.13. The summed E-state index contributed by atoms with van der Waals surface area (Å²) in [5, 5.41) is -0.359. The molecule has 1 amide bonds. The minimum absolute atomic E-state index is 0.00628. The monoisotopic (exact) mass is 505 g/mol. The molecule has 2 heterocycles. The molecule has 0 spiro atoms. The van der Waals surface area contributed by atoms with E-state index in [0.29, 0.717) is 5.56 Å². The molecule has 0 radical (unpaired) electrons. The van der Waals surface area contributed by atoms with Gasteiger partial charge in [-0.2, -0.15) is 0 Å². The highest BCUT2D eigenvalue weighted by Crippen LogP contribution is 2.55. The van der Waals surface area contributed by atoms with Crippen molar-refractivity contribution in [2.75, 3.05) is 26.9 Å². The van der Waals surface area contributed by atoms with Gasteiger partial charge in [-0.15, -0.1) is 0 Å². The number of ether oxygens (including phenoxy) is 3. The number of benzene rings is 2. The lowest BCUT2D eigenvalue weighted by Crippen LogP contribution is -2.41. The van der Waals surface area contributed by atoms with Crippen molar-refractivity contribution in [2.45, 2.75) is 30.8 Å². The molecule has 4 rings (SSSR count). The number of rotatable bonds is 8. The lowest BCUT2D eigenvalue weighted by molar-refractivity contribution is -0.114. The van der Waals surface area contributed by atoms with Gasteiger partial charge in [-0.1, -0.05) is 48.9 Å². The number of hydrogen-bond acceptors (Lipinski definition) is 6. The van der Waals surface area contributed by atoms with Crippen LogP contribution in [0, 0.1) is 5.82 Å². The third kappa shape index (κ3) is 4.23. The highest BCUT2D eigenvalue weighted by molar-refractivity contribution is 6.33. The minimum atomic E-state index is -1.96. The number of carbonyl (C=O) groups excluding carboxylic acids is 1. The van der Waals surface area contributed by atoms with E-state index in [0.717, 1.165) is 17.8 Å². The fourth-order valence-electron chi connectivity index (χ4n) is 4.71. The number of primary amides is 1. The predicted octanol–water partition coefficient (Wildman–Crippen LogP) is 3.48. The molecule has 4 atom stereocenters. The van der Waals surface area contributed by atoms with E-state index in [1.807, 2.05) is 37.3 Å². The van der Waals surface area contributed by atoms with E-state index < -0.39 is 35.6 Å². The van der Waals surface area contributed by atoms with E-state index in [1.54, 1.807) is 0 Å². The Morgan fingerprint density at radius 2 is 2.00 bits per heavy atom. The van der Waals surface area contributed by atoms with E-state index >= 15 is 8.78 Å². The molecule has 0 saturated heterocycles. The van der Waals surface area contributed by atoms with Crippen LogP contribution in [0.25, 0.3) is 5.57 Å². The summed E-state index contributed by atoms with van der Waals surface area (Å²) in [6, 6.07) is 10.4. The number of amides is 1. The maximum Gasteiger partial charge on any atom is 0.250 e. The first-order chi connectivity index (χ1) is 16.8. The Bertz CT molecular complexity index is 1190. The number of nitrogens with zero attached hydrogens (tertiary/aromatic N) is 1. The minimum Gasteiger partial charge on any atom is -0.480 e. The topological polar surface area (TPSA) is 109 Å². The first-order valence-electron chi connectivity index (χ1n) is 11.1. The molecule has 4 N–H and O–H groups in total. The van der Waals surface area contributed by atoms with Crippen LogP contribution >= 0.6 is 11.6 Å². The Balaban J connectivity index is 1.91. The van der Waals surface area contributed by atoms with Crippen molar-refractivity contribution < 1.29 is 27.8 Å². The van der Waals surface area contributed by atoms with Crippen molar-refractivity contribution in [3.05, 3.63) is 69.5 Å². The zero-order chi connectivity index (χ0) is 25.3. The van der Waals surface area contributed by atoms with Crippen LogP contribution in [0.15, 0.2) is 47.0 Å². The van der Waals surface area contributed by atoms with E-state index in [1.165, 1.54) is 7.11 Å². The van der Waals surface area contributed by atoms with Crippen LogP contribution in [0.1, 0.15) is 29.5 Å². The normalized spacial score (nSPS) is 25.5. The van der Waals surface area contributed by atoms with Gasteiger partial charge in [-0.05, 0) is 5.56 Å². The molecule has 0 bridgehead atoms. The largest absolute Gasteiger partial charge is 0.480 e. The fraction of sp³-hybridized carbons (Fsp3) is 0.360. The number of methoxy groups -OCH3 is 1. The average molecular weight is 506 g/mol. The van der Waals surface area contributed by atoms with Gasteiger partial charge in [0.15, 0.2) is 18.0 Å². The Labute approximate surface area is 206 Å². The van der Waals surface area contributed by atoms with Gasteiger partial charge in [0.1, 0.15) is 11.6 Å². The van der Waals surface area contributed by atoms with Crippen molar-refractivity contribution in [3.8, 4) is 5.75 Å². The van der Waals surface area contributed by atoms with Crippen LogP contribution in [-0.2, 0) is 19.9 Å². The summed E-state index contributed by atoms with van der Waals surface area (Å²) in [4.78, 5) is 16.3. The smallest absolute Gasteiger partial charge is 0.250 e.